The van der Waals surface area contributed by atoms with E-state index >= 15 is 0 Å². The third-order valence-corrected chi connectivity index (χ3v) is 4.50. The van der Waals surface area contributed by atoms with Crippen molar-refractivity contribution in [3.8, 4) is 11.3 Å². The number of fused-ring (bicyclic) bond motifs is 1. The lowest BCUT2D eigenvalue weighted by Gasteiger charge is -2.17. The molecule has 0 atom stereocenters. The maximum atomic E-state index is 12.1. The Labute approximate surface area is 130 Å². The van der Waals surface area contributed by atoms with Crippen molar-refractivity contribution in [2.45, 2.75) is 44.9 Å². The summed E-state index contributed by atoms with van der Waals surface area (Å²) >= 11 is 4.26. The first-order chi connectivity index (χ1) is 10.2. The van der Waals surface area contributed by atoms with Crippen molar-refractivity contribution in [2.75, 3.05) is 0 Å². The zero-order valence-corrected chi connectivity index (χ0v) is 13.2. The van der Waals surface area contributed by atoms with E-state index in [1.165, 1.54) is 35.1 Å². The van der Waals surface area contributed by atoms with Gasteiger partial charge in [0.05, 0.1) is 5.69 Å². The molecular formula is C17H20N2OS. The van der Waals surface area contributed by atoms with Crippen LogP contribution >= 0.6 is 12.6 Å². The molecule has 0 fully saturated rings. The fourth-order valence-electron chi connectivity index (χ4n) is 2.96. The Morgan fingerprint density at radius 2 is 1.95 bits per heavy atom. The van der Waals surface area contributed by atoms with E-state index in [0.29, 0.717) is 17.9 Å². The number of benzene rings is 1. The highest BCUT2D eigenvalue weighted by Gasteiger charge is 2.12. The van der Waals surface area contributed by atoms with Crippen molar-refractivity contribution in [3.63, 3.8) is 0 Å². The van der Waals surface area contributed by atoms with Crippen molar-refractivity contribution in [3.05, 3.63) is 51.3 Å². The summed E-state index contributed by atoms with van der Waals surface area (Å²) < 4.78 is 1.53. The molecule has 110 valence electrons. The summed E-state index contributed by atoms with van der Waals surface area (Å²) in [6.45, 7) is 2.52. The van der Waals surface area contributed by atoms with Gasteiger partial charge >= 0.3 is 0 Å². The van der Waals surface area contributed by atoms with Crippen LogP contribution in [0.1, 0.15) is 36.5 Å². The van der Waals surface area contributed by atoms with Crippen molar-refractivity contribution >= 4 is 12.6 Å². The molecule has 1 aromatic carbocycles. The minimum absolute atomic E-state index is 0.0331. The predicted molar refractivity (Wildman–Crippen MR) is 88.9 cm³/mol. The topological polar surface area (TPSA) is 34.9 Å². The number of nitrogens with zero attached hydrogens (tertiary/aromatic N) is 2. The van der Waals surface area contributed by atoms with Gasteiger partial charge in [-0.05, 0) is 55.9 Å². The molecule has 0 N–H and O–H groups in total. The number of thiol groups is 1. The second kappa shape index (κ2) is 6.06. The molecule has 0 aliphatic heterocycles. The zero-order valence-electron chi connectivity index (χ0n) is 12.3. The molecule has 0 saturated carbocycles. The van der Waals surface area contributed by atoms with E-state index in [-0.39, 0.29) is 5.56 Å². The Balaban J connectivity index is 2.09. The minimum Gasteiger partial charge on any atom is -0.267 e. The van der Waals surface area contributed by atoms with Gasteiger partial charge < -0.3 is 0 Å². The second-order valence-electron chi connectivity index (χ2n) is 5.52. The lowest BCUT2D eigenvalue weighted by atomic mass is 9.90. The van der Waals surface area contributed by atoms with Gasteiger partial charge in [0, 0.05) is 23.4 Å². The van der Waals surface area contributed by atoms with Crippen LogP contribution < -0.4 is 5.56 Å². The molecule has 0 bridgehead atoms. The van der Waals surface area contributed by atoms with E-state index in [4.69, 9.17) is 0 Å². The summed E-state index contributed by atoms with van der Waals surface area (Å²) in [5, 5.41) is 4.49. The summed E-state index contributed by atoms with van der Waals surface area (Å²) in [5.74, 6) is 0.444. The van der Waals surface area contributed by atoms with Crippen LogP contribution in [0.3, 0.4) is 0 Å². The lowest BCUT2D eigenvalue weighted by molar-refractivity contribution is 0.614. The van der Waals surface area contributed by atoms with Gasteiger partial charge in [-0.3, -0.25) is 4.79 Å². The Morgan fingerprint density at radius 3 is 2.67 bits per heavy atom. The van der Waals surface area contributed by atoms with Crippen LogP contribution in [-0.2, 0) is 25.1 Å². The summed E-state index contributed by atoms with van der Waals surface area (Å²) in [5.41, 5.74) is 5.54. The molecule has 1 heterocycles. The Kier molecular flexibility index (Phi) is 4.15. The predicted octanol–water partition coefficient (Wildman–Crippen LogP) is 3.24. The van der Waals surface area contributed by atoms with Crippen LogP contribution in [0.15, 0.2) is 29.1 Å². The summed E-state index contributed by atoms with van der Waals surface area (Å²) in [7, 11) is 0. The first-order valence-electron chi connectivity index (χ1n) is 7.57. The molecule has 21 heavy (non-hydrogen) atoms. The van der Waals surface area contributed by atoms with Gasteiger partial charge in [-0.1, -0.05) is 12.1 Å². The van der Waals surface area contributed by atoms with E-state index in [9.17, 15) is 4.79 Å². The molecule has 0 amide bonds. The highest BCUT2D eigenvalue weighted by atomic mass is 32.1. The van der Waals surface area contributed by atoms with E-state index in [1.807, 2.05) is 13.0 Å². The SMILES string of the molecule is CCn1nc(-c2ccc3c(c2)CCCC3)cc(CS)c1=O. The average Bonchev–Trinajstić information content (AvgIpc) is 2.54. The molecule has 4 heteroatoms. The van der Waals surface area contributed by atoms with Crippen LogP contribution in [0, 0.1) is 0 Å². The van der Waals surface area contributed by atoms with E-state index < -0.39 is 0 Å². The number of hydrogen-bond acceptors (Lipinski definition) is 3. The van der Waals surface area contributed by atoms with Gasteiger partial charge in [-0.25, -0.2) is 4.68 Å². The summed E-state index contributed by atoms with van der Waals surface area (Å²) in [6.07, 6.45) is 4.88. The molecule has 2 aromatic rings. The minimum atomic E-state index is -0.0331. The average molecular weight is 300 g/mol. The molecule has 0 saturated heterocycles. The molecule has 1 aliphatic carbocycles. The molecule has 1 aromatic heterocycles. The smallest absolute Gasteiger partial charge is 0.267 e. The van der Waals surface area contributed by atoms with E-state index in [2.05, 4.69) is 35.9 Å². The van der Waals surface area contributed by atoms with Crippen LogP contribution in [0.4, 0.5) is 0 Å². The zero-order chi connectivity index (χ0) is 14.8. The molecule has 1 aliphatic rings. The van der Waals surface area contributed by atoms with Crippen LogP contribution in [0.5, 0.6) is 0 Å². The van der Waals surface area contributed by atoms with Crippen molar-refractivity contribution in [1.29, 1.82) is 0 Å². The lowest BCUT2D eigenvalue weighted by Crippen LogP contribution is -2.25. The van der Waals surface area contributed by atoms with Crippen molar-refractivity contribution in [2.24, 2.45) is 0 Å². The third kappa shape index (κ3) is 2.77. The highest BCUT2D eigenvalue weighted by molar-refractivity contribution is 7.79. The van der Waals surface area contributed by atoms with Crippen LogP contribution in [-0.4, -0.2) is 9.78 Å². The number of hydrogen-bond donors (Lipinski definition) is 1. The Bertz CT molecular complexity index is 693. The van der Waals surface area contributed by atoms with Gasteiger partial charge in [-0.2, -0.15) is 17.7 Å². The largest absolute Gasteiger partial charge is 0.270 e. The van der Waals surface area contributed by atoms with Crippen molar-refractivity contribution < 1.29 is 0 Å². The van der Waals surface area contributed by atoms with Gasteiger partial charge in [0.25, 0.3) is 5.56 Å². The fourth-order valence-corrected chi connectivity index (χ4v) is 3.18. The first kappa shape index (κ1) is 14.4. The molecule has 0 unspecified atom stereocenters. The summed E-state index contributed by atoms with van der Waals surface area (Å²) in [4.78, 5) is 12.1. The number of aryl methyl sites for hydroxylation is 3. The van der Waals surface area contributed by atoms with Gasteiger partial charge in [0.2, 0.25) is 0 Å². The normalized spacial score (nSPS) is 14.0. The van der Waals surface area contributed by atoms with Crippen molar-refractivity contribution in [1.82, 2.24) is 9.78 Å². The second-order valence-corrected chi connectivity index (χ2v) is 5.84. The fraction of sp³-hybridized carbons (Fsp3) is 0.412. The van der Waals surface area contributed by atoms with E-state index in [1.54, 1.807) is 0 Å². The maximum Gasteiger partial charge on any atom is 0.270 e. The van der Waals surface area contributed by atoms with E-state index in [0.717, 1.165) is 17.7 Å². The molecule has 0 radical (unpaired) electrons. The van der Waals surface area contributed by atoms with Gasteiger partial charge in [-0.15, -0.1) is 0 Å². The standard InChI is InChI=1S/C17H20N2OS/c1-2-19-17(20)15(11-21)10-16(18-19)14-8-7-12-5-3-4-6-13(12)9-14/h7-10,21H,2-6,11H2,1H3. The molecule has 0 spiro atoms. The Hall–Kier alpha value is -1.55. The summed E-state index contributed by atoms with van der Waals surface area (Å²) in [6, 6.07) is 8.46. The monoisotopic (exact) mass is 300 g/mol. The van der Waals surface area contributed by atoms with Gasteiger partial charge in [0.15, 0.2) is 0 Å². The number of rotatable bonds is 3. The number of aromatic nitrogens is 2. The first-order valence-corrected chi connectivity index (χ1v) is 8.20. The molecule has 3 rings (SSSR count). The van der Waals surface area contributed by atoms with Crippen LogP contribution in [0.25, 0.3) is 11.3 Å². The van der Waals surface area contributed by atoms with Gasteiger partial charge in [0.1, 0.15) is 0 Å². The third-order valence-electron chi connectivity index (χ3n) is 4.16. The maximum absolute atomic E-state index is 12.1. The molecule has 3 nitrogen and oxygen atoms in total. The van der Waals surface area contributed by atoms with Crippen LogP contribution in [0.2, 0.25) is 0 Å². The quantitative estimate of drug-likeness (QED) is 0.883. The molecular weight excluding hydrogens is 280 g/mol. The highest BCUT2D eigenvalue weighted by Crippen LogP contribution is 2.26. The Morgan fingerprint density at radius 1 is 1.19 bits per heavy atom.